The number of halogens is 2. The van der Waals surface area contributed by atoms with Crippen LogP contribution in [0.3, 0.4) is 0 Å². The number of ether oxygens (including phenoxy) is 2. The molecule has 1 fully saturated rings. The van der Waals surface area contributed by atoms with Crippen molar-refractivity contribution in [1.29, 1.82) is 0 Å². The van der Waals surface area contributed by atoms with Gasteiger partial charge < -0.3 is 14.8 Å². The molecule has 0 radical (unpaired) electrons. The second-order valence-corrected chi connectivity index (χ2v) is 6.26. The summed E-state index contributed by atoms with van der Waals surface area (Å²) in [5, 5.41) is 8.90. The molecule has 146 valence electrons. The second kappa shape index (κ2) is 10.8. The summed E-state index contributed by atoms with van der Waals surface area (Å²) in [7, 11) is 1.29. The highest BCUT2D eigenvalue weighted by Crippen LogP contribution is 2.18. The van der Waals surface area contributed by atoms with Gasteiger partial charge >= 0.3 is 0 Å². The molecule has 1 saturated heterocycles. The van der Waals surface area contributed by atoms with Crippen LogP contribution in [0.25, 0.3) is 0 Å². The quantitative estimate of drug-likeness (QED) is 0.768. The molecule has 1 amide bonds. The Morgan fingerprint density at radius 1 is 1.37 bits per heavy atom. The molecular formula is C18H21F2N3O3S. The van der Waals surface area contributed by atoms with E-state index in [9.17, 15) is 13.6 Å². The lowest BCUT2D eigenvalue weighted by Gasteiger charge is -2.21. The molecule has 1 aliphatic rings. The van der Waals surface area contributed by atoms with Crippen LogP contribution in [0, 0.1) is 11.6 Å². The van der Waals surface area contributed by atoms with Crippen LogP contribution in [-0.4, -0.2) is 30.7 Å². The molecule has 3 rings (SSSR count). The van der Waals surface area contributed by atoms with Gasteiger partial charge in [0, 0.05) is 18.5 Å². The van der Waals surface area contributed by atoms with Crippen molar-refractivity contribution in [3.05, 3.63) is 48.2 Å². The van der Waals surface area contributed by atoms with Gasteiger partial charge in [-0.15, -0.1) is 0 Å². The molecule has 1 atom stereocenters. The number of benzene rings is 1. The first-order valence-corrected chi connectivity index (χ1v) is 9.16. The number of carbonyl (C=O) groups is 1. The number of carbonyl (C=O) groups excluding carboxylic acids is 1. The van der Waals surface area contributed by atoms with Gasteiger partial charge in [-0.1, -0.05) is 6.07 Å². The van der Waals surface area contributed by atoms with Crippen LogP contribution >= 0.6 is 11.9 Å². The Hall–Kier alpha value is -2.23. The van der Waals surface area contributed by atoms with Gasteiger partial charge in [0.2, 0.25) is 5.82 Å². The van der Waals surface area contributed by atoms with Crippen molar-refractivity contribution in [3.63, 3.8) is 0 Å². The Bertz CT molecular complexity index is 758. The van der Waals surface area contributed by atoms with Gasteiger partial charge in [-0.05, 0) is 55.5 Å². The predicted octanol–water partition coefficient (Wildman–Crippen LogP) is 3.53. The van der Waals surface area contributed by atoms with Crippen molar-refractivity contribution < 1.29 is 23.0 Å². The van der Waals surface area contributed by atoms with Gasteiger partial charge in [-0.3, -0.25) is 9.93 Å². The Morgan fingerprint density at radius 2 is 2.19 bits per heavy atom. The highest BCUT2D eigenvalue weighted by Gasteiger charge is 2.21. The summed E-state index contributed by atoms with van der Waals surface area (Å²) in [5.74, 6) is -1.99. The topological polar surface area (TPSA) is 86.5 Å². The molecule has 1 aromatic heterocycles. The fraction of sp³-hybridized carbons (Fsp3) is 0.333. The van der Waals surface area contributed by atoms with E-state index in [1.54, 1.807) is 18.3 Å². The zero-order valence-electron chi connectivity index (χ0n) is 14.8. The van der Waals surface area contributed by atoms with Crippen LogP contribution in [0.1, 0.15) is 19.3 Å². The number of nitrogens with zero attached hydrogens (tertiary/aromatic N) is 1. The Morgan fingerprint density at radius 3 is 2.81 bits per heavy atom. The molecule has 1 aromatic carbocycles. The fourth-order valence-electron chi connectivity index (χ4n) is 2.36. The fourth-order valence-corrected chi connectivity index (χ4v) is 2.68. The minimum atomic E-state index is -0.940. The van der Waals surface area contributed by atoms with Gasteiger partial charge in [0.05, 0.1) is 7.11 Å². The molecule has 27 heavy (non-hydrogen) atoms. The second-order valence-electron chi connectivity index (χ2n) is 5.60. The summed E-state index contributed by atoms with van der Waals surface area (Å²) in [6.45, 7) is 0.665. The summed E-state index contributed by atoms with van der Waals surface area (Å²) in [4.78, 5) is 15.9. The van der Waals surface area contributed by atoms with E-state index < -0.39 is 11.6 Å². The number of pyridine rings is 1. The monoisotopic (exact) mass is 397 g/mol. The van der Waals surface area contributed by atoms with E-state index >= 15 is 0 Å². The Labute approximate surface area is 160 Å². The van der Waals surface area contributed by atoms with E-state index in [4.69, 9.17) is 9.88 Å². The standard InChI is InChI=1S/C11H15N3O2S.C7H6F2O/c12-17-10-7-8(4-5-13-10)14-11(15)9-3-1-2-6-16-9;1-10-6-4-2-3-5(8)7(6)9/h4-5,7,9H,1-3,6,12H2,(H,13,14,15);2-4H,1H3. The maximum absolute atomic E-state index is 12.5. The van der Waals surface area contributed by atoms with Crippen molar-refractivity contribution in [2.45, 2.75) is 30.4 Å². The van der Waals surface area contributed by atoms with Crippen LogP contribution in [-0.2, 0) is 9.53 Å². The van der Waals surface area contributed by atoms with Gasteiger partial charge in [0.1, 0.15) is 11.1 Å². The number of methoxy groups -OCH3 is 1. The van der Waals surface area contributed by atoms with Crippen molar-refractivity contribution in [3.8, 4) is 5.75 Å². The molecule has 1 unspecified atom stereocenters. The molecule has 0 saturated carbocycles. The van der Waals surface area contributed by atoms with Gasteiger partial charge in [-0.25, -0.2) is 9.37 Å². The lowest BCUT2D eigenvalue weighted by atomic mass is 10.1. The summed E-state index contributed by atoms with van der Waals surface area (Å²) < 4.78 is 34.7. The smallest absolute Gasteiger partial charge is 0.253 e. The highest BCUT2D eigenvalue weighted by molar-refractivity contribution is 7.97. The lowest BCUT2D eigenvalue weighted by molar-refractivity contribution is -0.129. The first-order valence-electron chi connectivity index (χ1n) is 8.28. The lowest BCUT2D eigenvalue weighted by Crippen LogP contribution is -2.33. The minimum Gasteiger partial charge on any atom is -0.494 e. The summed E-state index contributed by atoms with van der Waals surface area (Å²) in [6.07, 6.45) is 4.15. The summed E-state index contributed by atoms with van der Waals surface area (Å²) in [5.41, 5.74) is 0.701. The number of anilines is 1. The minimum absolute atomic E-state index is 0.0694. The Balaban J connectivity index is 0.000000223. The Kier molecular flexibility index (Phi) is 8.43. The molecular weight excluding hydrogens is 376 g/mol. The van der Waals surface area contributed by atoms with Gasteiger partial charge in [-0.2, -0.15) is 4.39 Å². The van der Waals surface area contributed by atoms with Gasteiger partial charge in [0.25, 0.3) is 5.91 Å². The van der Waals surface area contributed by atoms with E-state index in [2.05, 4.69) is 15.0 Å². The zero-order chi connectivity index (χ0) is 19.6. The highest BCUT2D eigenvalue weighted by atomic mass is 32.2. The van der Waals surface area contributed by atoms with Crippen LogP contribution in [0.2, 0.25) is 0 Å². The average Bonchev–Trinajstić information content (AvgIpc) is 2.71. The predicted molar refractivity (Wildman–Crippen MR) is 99.4 cm³/mol. The molecule has 0 spiro atoms. The van der Waals surface area contributed by atoms with Crippen LogP contribution in [0.5, 0.6) is 5.75 Å². The molecule has 9 heteroatoms. The maximum Gasteiger partial charge on any atom is 0.253 e. The first-order chi connectivity index (χ1) is 13.0. The van der Waals surface area contributed by atoms with Crippen LogP contribution in [0.15, 0.2) is 41.6 Å². The van der Waals surface area contributed by atoms with E-state index in [1.165, 1.54) is 19.2 Å². The molecule has 0 aliphatic carbocycles. The average molecular weight is 397 g/mol. The third kappa shape index (κ3) is 6.46. The van der Waals surface area contributed by atoms with Crippen molar-refractivity contribution in [2.75, 3.05) is 19.0 Å². The van der Waals surface area contributed by atoms with Crippen molar-refractivity contribution >= 4 is 23.5 Å². The number of amides is 1. The summed E-state index contributed by atoms with van der Waals surface area (Å²) >= 11 is 1.05. The number of nitrogens with two attached hydrogens (primary N) is 1. The van der Waals surface area contributed by atoms with E-state index in [0.29, 0.717) is 17.3 Å². The van der Waals surface area contributed by atoms with Crippen LogP contribution in [0.4, 0.5) is 14.5 Å². The maximum atomic E-state index is 12.5. The van der Waals surface area contributed by atoms with E-state index in [1.807, 2.05) is 0 Å². The van der Waals surface area contributed by atoms with E-state index in [-0.39, 0.29) is 17.8 Å². The molecule has 0 bridgehead atoms. The number of hydrogen-bond donors (Lipinski definition) is 2. The number of hydrogen-bond acceptors (Lipinski definition) is 6. The van der Waals surface area contributed by atoms with Crippen molar-refractivity contribution in [2.24, 2.45) is 5.14 Å². The molecule has 2 heterocycles. The molecule has 2 aromatic rings. The first kappa shape index (κ1) is 21.1. The molecule has 1 aliphatic heterocycles. The number of rotatable bonds is 4. The summed E-state index contributed by atoms with van der Waals surface area (Å²) in [6, 6.07) is 7.26. The van der Waals surface area contributed by atoms with Crippen LogP contribution < -0.4 is 15.2 Å². The largest absolute Gasteiger partial charge is 0.494 e. The molecule has 3 N–H and O–H groups in total. The number of aromatic nitrogens is 1. The molecule has 6 nitrogen and oxygen atoms in total. The van der Waals surface area contributed by atoms with Gasteiger partial charge in [0.15, 0.2) is 11.6 Å². The van der Waals surface area contributed by atoms with E-state index in [0.717, 1.165) is 37.3 Å². The third-order valence-corrected chi connectivity index (χ3v) is 4.20. The number of nitrogens with one attached hydrogen (secondary N) is 1. The normalized spacial score (nSPS) is 16.1. The zero-order valence-corrected chi connectivity index (χ0v) is 15.6. The van der Waals surface area contributed by atoms with Crippen molar-refractivity contribution in [1.82, 2.24) is 4.98 Å². The SMILES string of the molecule is COc1cccc(F)c1F.NSc1cc(NC(=O)C2CCCCO2)ccn1. The third-order valence-electron chi connectivity index (χ3n) is 3.73.